The van der Waals surface area contributed by atoms with Gasteiger partial charge in [0.2, 0.25) is 0 Å². The topological polar surface area (TPSA) is 63.7 Å². The van der Waals surface area contributed by atoms with E-state index in [1.807, 2.05) is 55.5 Å². The Bertz CT molecular complexity index is 986. The normalized spacial score (nSPS) is 18.9. The van der Waals surface area contributed by atoms with Crippen molar-refractivity contribution in [2.24, 2.45) is 0 Å². The number of hydrogen-bond acceptors (Lipinski definition) is 4. The Hall–Kier alpha value is -2.34. The lowest BCUT2D eigenvalue weighted by molar-refractivity contribution is -0.140. The van der Waals surface area contributed by atoms with Crippen molar-refractivity contribution in [2.75, 3.05) is 11.5 Å². The minimum atomic E-state index is -3.11. The van der Waals surface area contributed by atoms with E-state index in [1.165, 1.54) is 0 Å². The van der Waals surface area contributed by atoms with E-state index >= 15 is 0 Å². The summed E-state index contributed by atoms with van der Waals surface area (Å²) < 4.78 is 30.3. The number of aryl methyl sites for hydroxylation is 1. The van der Waals surface area contributed by atoms with Gasteiger partial charge >= 0.3 is 0 Å². The van der Waals surface area contributed by atoms with Gasteiger partial charge < -0.3 is 9.64 Å². The Morgan fingerprint density at radius 1 is 1.13 bits per heavy atom. The highest BCUT2D eigenvalue weighted by Gasteiger charge is 2.36. The Kier molecular flexibility index (Phi) is 6.86. The maximum atomic E-state index is 13.4. The Labute approximate surface area is 180 Å². The maximum Gasteiger partial charge on any atom is 0.263 e. The van der Waals surface area contributed by atoms with Crippen molar-refractivity contribution < 1.29 is 17.9 Å². The predicted octanol–water partition coefficient (Wildman–Crippen LogP) is 4.10. The minimum absolute atomic E-state index is 0.0139. The number of ether oxygens (including phenoxy) is 1. The smallest absolute Gasteiger partial charge is 0.263 e. The van der Waals surface area contributed by atoms with Gasteiger partial charge in [-0.05, 0) is 48.9 Å². The lowest BCUT2D eigenvalue weighted by Gasteiger charge is -2.31. The molecule has 0 spiro atoms. The number of rotatable bonds is 7. The largest absolute Gasteiger partial charge is 0.481 e. The first kappa shape index (κ1) is 22.3. The van der Waals surface area contributed by atoms with Crippen LogP contribution in [0.4, 0.5) is 0 Å². The summed E-state index contributed by atoms with van der Waals surface area (Å²) in [4.78, 5) is 15.1. The monoisotopic (exact) mass is 429 g/mol. The molecule has 3 rings (SSSR count). The van der Waals surface area contributed by atoms with Crippen LogP contribution in [0.5, 0.6) is 5.75 Å². The third-order valence-electron chi connectivity index (χ3n) is 5.57. The SMILES string of the molecule is Cc1ccc(C(C)C)c(OC(C)C(=O)N(Cc2ccccc2)C2CCS(=O)(=O)C2)c1. The highest BCUT2D eigenvalue weighted by molar-refractivity contribution is 7.91. The van der Waals surface area contributed by atoms with Crippen LogP contribution in [0.2, 0.25) is 0 Å². The van der Waals surface area contributed by atoms with Crippen LogP contribution in [0.1, 0.15) is 49.8 Å². The molecule has 0 bridgehead atoms. The van der Waals surface area contributed by atoms with E-state index in [-0.39, 0.29) is 29.4 Å². The highest BCUT2D eigenvalue weighted by Crippen LogP contribution is 2.29. The molecular formula is C24H31NO4S. The molecule has 1 aliphatic heterocycles. The molecule has 5 nitrogen and oxygen atoms in total. The van der Waals surface area contributed by atoms with Crippen LogP contribution in [0.15, 0.2) is 48.5 Å². The fourth-order valence-electron chi connectivity index (χ4n) is 3.88. The van der Waals surface area contributed by atoms with Gasteiger partial charge in [0, 0.05) is 12.6 Å². The van der Waals surface area contributed by atoms with Gasteiger partial charge in [-0.15, -0.1) is 0 Å². The average Bonchev–Trinajstić information content (AvgIpc) is 3.05. The third-order valence-corrected chi connectivity index (χ3v) is 7.32. The first-order chi connectivity index (χ1) is 14.2. The molecule has 1 heterocycles. The summed E-state index contributed by atoms with van der Waals surface area (Å²) in [6.07, 6.45) is -0.244. The van der Waals surface area contributed by atoms with E-state index in [9.17, 15) is 13.2 Å². The average molecular weight is 430 g/mol. The van der Waals surface area contributed by atoms with Crippen molar-refractivity contribution in [3.63, 3.8) is 0 Å². The van der Waals surface area contributed by atoms with Crippen LogP contribution in [0.3, 0.4) is 0 Å². The molecular weight excluding hydrogens is 398 g/mol. The van der Waals surface area contributed by atoms with Gasteiger partial charge in [-0.1, -0.05) is 56.3 Å². The van der Waals surface area contributed by atoms with Crippen molar-refractivity contribution in [3.05, 3.63) is 65.2 Å². The molecule has 1 fully saturated rings. The van der Waals surface area contributed by atoms with Crippen molar-refractivity contribution in [1.82, 2.24) is 4.90 Å². The third kappa shape index (κ3) is 5.42. The molecule has 2 aromatic carbocycles. The molecule has 1 saturated heterocycles. The molecule has 6 heteroatoms. The van der Waals surface area contributed by atoms with Crippen LogP contribution < -0.4 is 4.74 Å². The van der Waals surface area contributed by atoms with Gasteiger partial charge in [0.25, 0.3) is 5.91 Å². The Morgan fingerprint density at radius 3 is 2.43 bits per heavy atom. The molecule has 2 unspecified atom stereocenters. The first-order valence-electron chi connectivity index (χ1n) is 10.5. The Morgan fingerprint density at radius 2 is 1.83 bits per heavy atom. The summed E-state index contributed by atoms with van der Waals surface area (Å²) in [6.45, 7) is 8.30. The van der Waals surface area contributed by atoms with Crippen molar-refractivity contribution in [1.29, 1.82) is 0 Å². The van der Waals surface area contributed by atoms with Gasteiger partial charge in [0.15, 0.2) is 15.9 Å². The molecule has 0 aliphatic carbocycles. The van der Waals surface area contributed by atoms with Gasteiger partial charge in [0.05, 0.1) is 11.5 Å². The second-order valence-electron chi connectivity index (χ2n) is 8.46. The summed E-state index contributed by atoms with van der Waals surface area (Å²) in [5.74, 6) is 0.936. The molecule has 0 N–H and O–H groups in total. The molecule has 1 amide bonds. The standard InChI is InChI=1S/C24H31NO4S/c1-17(2)22-11-10-18(3)14-23(22)29-19(4)24(26)25(15-20-8-6-5-7-9-20)21-12-13-30(27,28)16-21/h5-11,14,17,19,21H,12-13,15-16H2,1-4H3. The number of carbonyl (C=O) groups excluding carboxylic acids is 1. The van der Waals surface area contributed by atoms with Gasteiger partial charge in [-0.3, -0.25) is 4.79 Å². The van der Waals surface area contributed by atoms with Crippen molar-refractivity contribution in [2.45, 2.75) is 58.7 Å². The van der Waals surface area contributed by atoms with Crippen LogP contribution in [-0.2, 0) is 21.2 Å². The van der Waals surface area contributed by atoms with E-state index in [1.54, 1.807) is 11.8 Å². The zero-order valence-electron chi connectivity index (χ0n) is 18.2. The van der Waals surface area contributed by atoms with Gasteiger partial charge in [-0.2, -0.15) is 0 Å². The summed E-state index contributed by atoms with van der Waals surface area (Å²) in [7, 11) is -3.11. The lowest BCUT2D eigenvalue weighted by Crippen LogP contribution is -2.46. The van der Waals surface area contributed by atoms with Crippen molar-refractivity contribution in [3.8, 4) is 5.75 Å². The molecule has 0 aromatic heterocycles. The zero-order chi connectivity index (χ0) is 21.9. The fourth-order valence-corrected chi connectivity index (χ4v) is 5.61. The summed E-state index contributed by atoms with van der Waals surface area (Å²) in [6, 6.07) is 15.4. The minimum Gasteiger partial charge on any atom is -0.481 e. The Balaban J connectivity index is 1.84. The molecule has 30 heavy (non-hydrogen) atoms. The molecule has 0 saturated carbocycles. The van der Waals surface area contributed by atoms with E-state index in [0.717, 1.165) is 16.7 Å². The number of benzene rings is 2. The number of nitrogens with zero attached hydrogens (tertiary/aromatic N) is 1. The van der Waals surface area contributed by atoms with Crippen molar-refractivity contribution >= 4 is 15.7 Å². The summed E-state index contributed by atoms with van der Waals surface area (Å²) in [5.41, 5.74) is 3.09. The molecule has 2 aromatic rings. The van der Waals surface area contributed by atoms with E-state index in [2.05, 4.69) is 13.8 Å². The number of amides is 1. The summed E-state index contributed by atoms with van der Waals surface area (Å²) in [5, 5.41) is 0. The van der Waals surface area contributed by atoms with Gasteiger partial charge in [-0.25, -0.2) is 8.42 Å². The zero-order valence-corrected chi connectivity index (χ0v) is 19.0. The molecule has 162 valence electrons. The lowest BCUT2D eigenvalue weighted by atomic mass is 10.0. The predicted molar refractivity (Wildman–Crippen MR) is 119 cm³/mol. The second kappa shape index (κ2) is 9.21. The van der Waals surface area contributed by atoms with Crippen LogP contribution in [-0.4, -0.2) is 42.9 Å². The maximum absolute atomic E-state index is 13.4. The quantitative estimate of drug-likeness (QED) is 0.665. The first-order valence-corrected chi connectivity index (χ1v) is 12.3. The van der Waals surface area contributed by atoms with Gasteiger partial charge in [0.1, 0.15) is 5.75 Å². The highest BCUT2D eigenvalue weighted by atomic mass is 32.2. The fraction of sp³-hybridized carbons (Fsp3) is 0.458. The van der Waals surface area contributed by atoms with Crippen LogP contribution in [0.25, 0.3) is 0 Å². The molecule has 2 atom stereocenters. The number of carbonyl (C=O) groups is 1. The molecule has 0 radical (unpaired) electrons. The van der Waals surface area contributed by atoms with Crippen LogP contribution in [0, 0.1) is 6.92 Å². The number of hydrogen-bond donors (Lipinski definition) is 0. The second-order valence-corrected chi connectivity index (χ2v) is 10.7. The van der Waals surface area contributed by atoms with E-state index < -0.39 is 15.9 Å². The van der Waals surface area contributed by atoms with E-state index in [0.29, 0.717) is 18.7 Å². The molecule has 1 aliphatic rings. The van der Waals surface area contributed by atoms with E-state index in [4.69, 9.17) is 4.74 Å². The summed E-state index contributed by atoms with van der Waals surface area (Å²) >= 11 is 0. The van der Waals surface area contributed by atoms with Crippen LogP contribution >= 0.6 is 0 Å². The number of sulfone groups is 1.